The predicted octanol–water partition coefficient (Wildman–Crippen LogP) is 0.879. The zero-order valence-electron chi connectivity index (χ0n) is 13.0. The summed E-state index contributed by atoms with van der Waals surface area (Å²) in [6, 6.07) is -0.514. The standard InChI is InChI=1S/C14H25N3O4/c1-14(2,3)17(8-6-11(18)19)12(20)10-5-4-7-16(9-10)13(15)21/h10H,4-9H2,1-3H3,(H2,15,21)(H,18,19). The number of urea groups is 1. The minimum Gasteiger partial charge on any atom is -0.481 e. The van der Waals surface area contributed by atoms with Gasteiger partial charge in [0.25, 0.3) is 0 Å². The van der Waals surface area contributed by atoms with Gasteiger partial charge in [0.05, 0.1) is 12.3 Å². The fraction of sp³-hybridized carbons (Fsp3) is 0.786. The number of hydrogen-bond donors (Lipinski definition) is 2. The summed E-state index contributed by atoms with van der Waals surface area (Å²) < 4.78 is 0. The third-order valence-electron chi connectivity index (χ3n) is 3.71. The lowest BCUT2D eigenvalue weighted by atomic mass is 9.94. The zero-order chi connectivity index (χ0) is 16.2. The van der Waals surface area contributed by atoms with Gasteiger partial charge in [0.15, 0.2) is 0 Å². The van der Waals surface area contributed by atoms with Crippen molar-refractivity contribution in [1.29, 1.82) is 0 Å². The third kappa shape index (κ3) is 4.91. The molecule has 1 unspecified atom stereocenters. The highest BCUT2D eigenvalue weighted by molar-refractivity contribution is 5.81. The molecule has 1 aliphatic rings. The Morgan fingerprint density at radius 3 is 2.43 bits per heavy atom. The average molecular weight is 299 g/mol. The van der Waals surface area contributed by atoms with Crippen molar-refractivity contribution in [3.05, 3.63) is 0 Å². The minimum absolute atomic E-state index is 0.0880. The van der Waals surface area contributed by atoms with Gasteiger partial charge < -0.3 is 20.6 Å². The number of primary amides is 1. The molecule has 0 aromatic heterocycles. The normalized spacial score (nSPS) is 19.2. The van der Waals surface area contributed by atoms with Gasteiger partial charge in [-0.1, -0.05) is 0 Å². The smallest absolute Gasteiger partial charge is 0.314 e. The molecule has 0 saturated carbocycles. The molecule has 1 fully saturated rings. The van der Waals surface area contributed by atoms with Crippen LogP contribution < -0.4 is 5.73 Å². The van der Waals surface area contributed by atoms with Gasteiger partial charge in [-0.15, -0.1) is 0 Å². The molecule has 0 aromatic rings. The Labute approximate surface area is 125 Å². The molecule has 0 bridgehead atoms. The van der Waals surface area contributed by atoms with E-state index in [1.54, 1.807) is 4.90 Å². The van der Waals surface area contributed by atoms with E-state index in [2.05, 4.69) is 0 Å². The molecular weight excluding hydrogens is 274 g/mol. The highest BCUT2D eigenvalue weighted by atomic mass is 16.4. The van der Waals surface area contributed by atoms with Crippen LogP contribution in [0.4, 0.5) is 4.79 Å². The van der Waals surface area contributed by atoms with E-state index in [4.69, 9.17) is 10.8 Å². The van der Waals surface area contributed by atoms with Crippen LogP contribution in [0, 0.1) is 5.92 Å². The molecule has 3 amide bonds. The van der Waals surface area contributed by atoms with Crippen molar-refractivity contribution in [3.8, 4) is 0 Å². The van der Waals surface area contributed by atoms with E-state index in [1.807, 2.05) is 20.8 Å². The Morgan fingerprint density at radius 2 is 1.95 bits per heavy atom. The molecule has 1 aliphatic heterocycles. The van der Waals surface area contributed by atoms with Crippen molar-refractivity contribution in [2.45, 2.75) is 45.6 Å². The van der Waals surface area contributed by atoms with Gasteiger partial charge in [-0.2, -0.15) is 0 Å². The van der Waals surface area contributed by atoms with Crippen LogP contribution >= 0.6 is 0 Å². The Balaban J connectivity index is 2.79. The van der Waals surface area contributed by atoms with E-state index in [-0.39, 0.29) is 24.8 Å². The molecular formula is C14H25N3O4. The first kappa shape index (κ1) is 17.3. The number of amides is 3. The van der Waals surface area contributed by atoms with E-state index < -0.39 is 17.5 Å². The molecule has 7 heteroatoms. The lowest BCUT2D eigenvalue weighted by Crippen LogP contribution is -2.53. The van der Waals surface area contributed by atoms with Crippen LogP contribution in [0.1, 0.15) is 40.0 Å². The van der Waals surface area contributed by atoms with E-state index in [0.717, 1.165) is 6.42 Å². The summed E-state index contributed by atoms with van der Waals surface area (Å²) in [4.78, 5) is 37.8. The second-order valence-electron chi connectivity index (χ2n) is 6.43. The maximum atomic E-state index is 12.7. The fourth-order valence-electron chi connectivity index (χ4n) is 2.58. The van der Waals surface area contributed by atoms with Gasteiger partial charge in [-0.05, 0) is 33.6 Å². The van der Waals surface area contributed by atoms with Crippen molar-refractivity contribution in [1.82, 2.24) is 9.80 Å². The topological polar surface area (TPSA) is 104 Å². The Morgan fingerprint density at radius 1 is 1.33 bits per heavy atom. The SMILES string of the molecule is CC(C)(C)N(CCC(=O)O)C(=O)C1CCCN(C(N)=O)C1. The molecule has 1 atom stereocenters. The lowest BCUT2D eigenvalue weighted by Gasteiger charge is -2.40. The third-order valence-corrected chi connectivity index (χ3v) is 3.71. The van der Waals surface area contributed by atoms with E-state index in [9.17, 15) is 14.4 Å². The summed E-state index contributed by atoms with van der Waals surface area (Å²) in [5.41, 5.74) is 4.82. The number of carbonyl (C=O) groups excluding carboxylic acids is 2. The molecule has 0 aromatic carbocycles. The predicted molar refractivity (Wildman–Crippen MR) is 77.6 cm³/mol. The maximum Gasteiger partial charge on any atom is 0.314 e. The zero-order valence-corrected chi connectivity index (χ0v) is 13.0. The molecule has 1 rings (SSSR count). The number of rotatable bonds is 4. The van der Waals surface area contributed by atoms with Crippen molar-refractivity contribution >= 4 is 17.9 Å². The maximum absolute atomic E-state index is 12.7. The van der Waals surface area contributed by atoms with Crippen molar-refractivity contribution < 1.29 is 19.5 Å². The molecule has 1 saturated heterocycles. The monoisotopic (exact) mass is 299 g/mol. The van der Waals surface area contributed by atoms with E-state index in [0.29, 0.717) is 19.5 Å². The van der Waals surface area contributed by atoms with Gasteiger partial charge in [0, 0.05) is 25.2 Å². The van der Waals surface area contributed by atoms with Crippen molar-refractivity contribution in [2.24, 2.45) is 11.7 Å². The Kier molecular flexibility index (Phi) is 5.57. The number of nitrogens with zero attached hydrogens (tertiary/aromatic N) is 2. The molecule has 0 radical (unpaired) electrons. The average Bonchev–Trinajstić information content (AvgIpc) is 2.36. The van der Waals surface area contributed by atoms with Crippen LogP contribution in [0.25, 0.3) is 0 Å². The highest BCUT2D eigenvalue weighted by Crippen LogP contribution is 2.23. The van der Waals surface area contributed by atoms with Crippen molar-refractivity contribution in [2.75, 3.05) is 19.6 Å². The number of carbonyl (C=O) groups is 3. The van der Waals surface area contributed by atoms with Gasteiger partial charge in [0.2, 0.25) is 5.91 Å². The number of nitrogens with two attached hydrogens (primary N) is 1. The largest absolute Gasteiger partial charge is 0.481 e. The lowest BCUT2D eigenvalue weighted by molar-refractivity contribution is -0.144. The van der Waals surface area contributed by atoms with Crippen LogP contribution in [0.15, 0.2) is 0 Å². The van der Waals surface area contributed by atoms with Gasteiger partial charge in [-0.25, -0.2) is 4.79 Å². The Bertz CT molecular complexity index is 417. The number of aliphatic carboxylic acids is 1. The molecule has 120 valence electrons. The van der Waals surface area contributed by atoms with Crippen LogP contribution in [0.2, 0.25) is 0 Å². The van der Waals surface area contributed by atoms with Crippen LogP contribution in [-0.4, -0.2) is 58.0 Å². The number of carboxylic acids is 1. The van der Waals surface area contributed by atoms with Gasteiger partial charge in [0.1, 0.15) is 0 Å². The van der Waals surface area contributed by atoms with Gasteiger partial charge in [-0.3, -0.25) is 9.59 Å². The number of piperidine rings is 1. The molecule has 21 heavy (non-hydrogen) atoms. The summed E-state index contributed by atoms with van der Waals surface area (Å²) in [7, 11) is 0. The highest BCUT2D eigenvalue weighted by Gasteiger charge is 2.35. The van der Waals surface area contributed by atoms with E-state index >= 15 is 0 Å². The summed E-state index contributed by atoms with van der Waals surface area (Å²) >= 11 is 0. The summed E-state index contributed by atoms with van der Waals surface area (Å²) in [6.45, 7) is 6.69. The Hall–Kier alpha value is -1.79. The fourth-order valence-corrected chi connectivity index (χ4v) is 2.58. The summed E-state index contributed by atoms with van der Waals surface area (Å²) in [5, 5.41) is 8.83. The molecule has 3 N–H and O–H groups in total. The minimum atomic E-state index is -0.931. The summed E-state index contributed by atoms with van der Waals surface area (Å²) in [6.07, 6.45) is 1.34. The number of carboxylic acid groups (broad SMARTS) is 1. The second kappa shape index (κ2) is 6.78. The summed E-state index contributed by atoms with van der Waals surface area (Å²) in [5.74, 6) is -1.34. The molecule has 1 heterocycles. The number of likely N-dealkylation sites (tertiary alicyclic amines) is 1. The van der Waals surface area contributed by atoms with Gasteiger partial charge >= 0.3 is 12.0 Å². The molecule has 0 spiro atoms. The quantitative estimate of drug-likeness (QED) is 0.804. The second-order valence-corrected chi connectivity index (χ2v) is 6.43. The van der Waals surface area contributed by atoms with Crippen LogP contribution in [0.5, 0.6) is 0 Å². The van der Waals surface area contributed by atoms with Crippen LogP contribution in [-0.2, 0) is 9.59 Å². The van der Waals surface area contributed by atoms with E-state index in [1.165, 1.54) is 4.90 Å². The first-order valence-corrected chi connectivity index (χ1v) is 7.20. The first-order chi connectivity index (χ1) is 9.62. The first-order valence-electron chi connectivity index (χ1n) is 7.20. The molecule has 7 nitrogen and oxygen atoms in total. The van der Waals surface area contributed by atoms with Crippen LogP contribution in [0.3, 0.4) is 0 Å². The molecule has 0 aliphatic carbocycles. The number of hydrogen-bond acceptors (Lipinski definition) is 3. The van der Waals surface area contributed by atoms with Crippen molar-refractivity contribution in [3.63, 3.8) is 0 Å².